The molecule has 9 heteroatoms. The van der Waals surface area contributed by atoms with Crippen LogP contribution >= 0.6 is 22.9 Å². The molecular weight excluding hydrogens is 466 g/mol. The van der Waals surface area contributed by atoms with Crippen LogP contribution in [-0.4, -0.2) is 37.8 Å². The van der Waals surface area contributed by atoms with Crippen molar-refractivity contribution in [2.45, 2.75) is 29.6 Å². The van der Waals surface area contributed by atoms with Gasteiger partial charge in [-0.15, -0.1) is 11.3 Å². The summed E-state index contributed by atoms with van der Waals surface area (Å²) in [6.45, 7) is 1.23. The average molecular weight is 490 g/mol. The summed E-state index contributed by atoms with van der Waals surface area (Å²) < 4.78 is 28.0. The molecule has 1 aromatic heterocycles. The number of hydrogen-bond acceptors (Lipinski definition) is 5. The summed E-state index contributed by atoms with van der Waals surface area (Å²) in [5, 5.41) is 6.86. The number of benzene rings is 2. The van der Waals surface area contributed by atoms with E-state index in [2.05, 4.69) is 10.6 Å². The normalized spacial score (nSPS) is 15.4. The molecule has 4 rings (SSSR count). The number of amides is 1. The van der Waals surface area contributed by atoms with Crippen LogP contribution in [0.15, 0.2) is 70.9 Å². The smallest absolute Gasteiger partial charge is 0.252 e. The first-order valence-corrected chi connectivity index (χ1v) is 13.0. The molecule has 2 aromatic carbocycles. The molecule has 0 aliphatic carbocycles. The third-order valence-corrected chi connectivity index (χ3v) is 9.06. The van der Waals surface area contributed by atoms with Gasteiger partial charge in [-0.1, -0.05) is 29.8 Å². The molecule has 1 aliphatic rings. The summed E-state index contributed by atoms with van der Waals surface area (Å²) in [6, 6.07) is 20.2. The maximum Gasteiger partial charge on any atom is 0.252 e. The largest absolute Gasteiger partial charge is 0.382 e. The highest BCUT2D eigenvalue weighted by Crippen LogP contribution is 2.28. The van der Waals surface area contributed by atoms with E-state index in [4.69, 9.17) is 11.6 Å². The molecule has 1 amide bonds. The Morgan fingerprint density at radius 2 is 1.69 bits per heavy atom. The van der Waals surface area contributed by atoms with Crippen molar-refractivity contribution in [2.75, 3.05) is 18.4 Å². The Balaban J connectivity index is 1.32. The van der Waals surface area contributed by atoms with E-state index in [0.29, 0.717) is 27.9 Å². The first kappa shape index (κ1) is 22.8. The summed E-state index contributed by atoms with van der Waals surface area (Å²) in [5.74, 6) is -0.229. The highest BCUT2D eigenvalue weighted by atomic mass is 35.5. The van der Waals surface area contributed by atoms with Gasteiger partial charge >= 0.3 is 0 Å². The Kier molecular flexibility index (Phi) is 7.15. The number of carbonyl (C=O) groups excluding carboxylic acids is 1. The molecule has 0 spiro atoms. The van der Waals surface area contributed by atoms with Gasteiger partial charge in [0.25, 0.3) is 15.9 Å². The molecule has 1 fully saturated rings. The van der Waals surface area contributed by atoms with E-state index in [1.807, 2.05) is 30.3 Å². The molecule has 0 unspecified atom stereocenters. The van der Waals surface area contributed by atoms with Gasteiger partial charge in [0, 0.05) is 40.3 Å². The minimum atomic E-state index is -3.54. The number of carbonyl (C=O) groups is 1. The van der Waals surface area contributed by atoms with Crippen molar-refractivity contribution in [3.8, 4) is 0 Å². The molecule has 6 nitrogen and oxygen atoms in total. The standard InChI is InChI=1S/C23H24ClN3O3S2/c24-18-8-6-17(7-9-18)23(28)25-16-21-10-11-22(31-21)32(29,30)27-14-12-20(13-15-27)26-19-4-2-1-3-5-19/h1-11,20,26H,12-16H2,(H,25,28). The van der Waals surface area contributed by atoms with Gasteiger partial charge < -0.3 is 10.6 Å². The molecule has 2 heterocycles. The lowest BCUT2D eigenvalue weighted by atomic mass is 10.1. The van der Waals surface area contributed by atoms with E-state index >= 15 is 0 Å². The van der Waals surface area contributed by atoms with Crippen LogP contribution in [0, 0.1) is 0 Å². The summed E-state index contributed by atoms with van der Waals surface area (Å²) in [4.78, 5) is 13.0. The second-order valence-corrected chi connectivity index (χ2v) is 11.4. The minimum absolute atomic E-state index is 0.229. The Morgan fingerprint density at radius 3 is 2.38 bits per heavy atom. The zero-order chi connectivity index (χ0) is 22.6. The highest BCUT2D eigenvalue weighted by molar-refractivity contribution is 7.91. The predicted molar refractivity (Wildman–Crippen MR) is 129 cm³/mol. The SMILES string of the molecule is O=C(NCc1ccc(S(=O)(=O)N2CCC(Nc3ccccc3)CC2)s1)c1ccc(Cl)cc1. The van der Waals surface area contributed by atoms with Crippen LogP contribution in [0.25, 0.3) is 0 Å². The van der Waals surface area contributed by atoms with Crippen LogP contribution in [0.5, 0.6) is 0 Å². The van der Waals surface area contributed by atoms with Gasteiger partial charge in [0.1, 0.15) is 4.21 Å². The number of rotatable bonds is 7. The number of hydrogen-bond donors (Lipinski definition) is 2. The van der Waals surface area contributed by atoms with E-state index in [0.717, 1.165) is 23.4 Å². The lowest BCUT2D eigenvalue weighted by Crippen LogP contribution is -2.42. The Hall–Kier alpha value is -2.39. The predicted octanol–water partition coefficient (Wildman–Crippen LogP) is 4.60. The molecule has 0 atom stereocenters. The maximum absolute atomic E-state index is 13.1. The van der Waals surface area contributed by atoms with Gasteiger partial charge in [-0.2, -0.15) is 4.31 Å². The van der Waals surface area contributed by atoms with Crippen LogP contribution in [0.2, 0.25) is 5.02 Å². The summed E-state index contributed by atoms with van der Waals surface area (Å²) in [5.41, 5.74) is 1.56. The first-order valence-electron chi connectivity index (χ1n) is 10.4. The number of nitrogens with zero attached hydrogens (tertiary/aromatic N) is 1. The third-order valence-electron chi connectivity index (χ3n) is 5.36. The molecule has 0 bridgehead atoms. The molecule has 0 saturated carbocycles. The van der Waals surface area contributed by atoms with E-state index in [1.54, 1.807) is 40.7 Å². The molecule has 2 N–H and O–H groups in total. The molecule has 32 heavy (non-hydrogen) atoms. The Labute approximate surface area is 197 Å². The Bertz CT molecular complexity index is 1160. The fraction of sp³-hybridized carbons (Fsp3) is 0.261. The summed E-state index contributed by atoms with van der Waals surface area (Å²) in [6.07, 6.45) is 1.51. The van der Waals surface area contributed by atoms with Crippen molar-refractivity contribution < 1.29 is 13.2 Å². The Morgan fingerprint density at radius 1 is 1.00 bits per heavy atom. The van der Waals surface area contributed by atoms with Gasteiger partial charge in [-0.05, 0) is 61.4 Å². The molecule has 1 aliphatic heterocycles. The number of nitrogens with one attached hydrogen (secondary N) is 2. The van der Waals surface area contributed by atoms with Gasteiger partial charge in [-0.25, -0.2) is 8.42 Å². The maximum atomic E-state index is 13.1. The van der Waals surface area contributed by atoms with Crippen LogP contribution in [0.3, 0.4) is 0 Å². The van der Waals surface area contributed by atoms with Gasteiger partial charge in [0.05, 0.1) is 6.54 Å². The van der Waals surface area contributed by atoms with Crippen LogP contribution in [0.4, 0.5) is 5.69 Å². The topological polar surface area (TPSA) is 78.5 Å². The zero-order valence-electron chi connectivity index (χ0n) is 17.3. The number of para-hydroxylation sites is 1. The van der Waals surface area contributed by atoms with Gasteiger partial charge in [0.15, 0.2) is 0 Å². The third kappa shape index (κ3) is 5.50. The number of anilines is 1. The van der Waals surface area contributed by atoms with Crippen LogP contribution in [-0.2, 0) is 16.6 Å². The molecule has 0 radical (unpaired) electrons. The highest BCUT2D eigenvalue weighted by Gasteiger charge is 2.30. The van der Waals surface area contributed by atoms with Gasteiger partial charge in [0.2, 0.25) is 0 Å². The molecule has 168 valence electrons. The van der Waals surface area contributed by atoms with Crippen LogP contribution < -0.4 is 10.6 Å². The number of sulfonamides is 1. The van der Waals surface area contributed by atoms with Crippen molar-refractivity contribution in [1.29, 1.82) is 0 Å². The van der Waals surface area contributed by atoms with E-state index < -0.39 is 10.0 Å². The van der Waals surface area contributed by atoms with E-state index in [-0.39, 0.29) is 18.5 Å². The minimum Gasteiger partial charge on any atom is -0.382 e. The lowest BCUT2D eigenvalue weighted by molar-refractivity contribution is 0.0951. The molecule has 3 aromatic rings. The second-order valence-electron chi connectivity index (χ2n) is 7.60. The lowest BCUT2D eigenvalue weighted by Gasteiger charge is -2.31. The summed E-state index contributed by atoms with van der Waals surface area (Å²) >= 11 is 7.04. The quantitative estimate of drug-likeness (QED) is 0.508. The fourth-order valence-electron chi connectivity index (χ4n) is 3.60. The molecular formula is C23H24ClN3O3S2. The van der Waals surface area contributed by atoms with Crippen molar-refractivity contribution in [3.63, 3.8) is 0 Å². The molecule has 1 saturated heterocycles. The fourth-order valence-corrected chi connectivity index (χ4v) is 6.65. The van der Waals surface area contributed by atoms with Gasteiger partial charge in [-0.3, -0.25) is 4.79 Å². The monoisotopic (exact) mass is 489 g/mol. The first-order chi connectivity index (χ1) is 15.4. The van der Waals surface area contributed by atoms with Crippen LogP contribution in [0.1, 0.15) is 28.1 Å². The van der Waals surface area contributed by atoms with Crippen molar-refractivity contribution >= 4 is 44.6 Å². The summed E-state index contributed by atoms with van der Waals surface area (Å²) in [7, 11) is -3.54. The van der Waals surface area contributed by atoms with E-state index in [1.165, 1.54) is 11.3 Å². The number of halogens is 1. The number of piperidine rings is 1. The zero-order valence-corrected chi connectivity index (χ0v) is 19.7. The van der Waals surface area contributed by atoms with E-state index in [9.17, 15) is 13.2 Å². The average Bonchev–Trinajstić information content (AvgIpc) is 3.29. The van der Waals surface area contributed by atoms with Crippen molar-refractivity contribution in [3.05, 3.63) is 82.2 Å². The van der Waals surface area contributed by atoms with Crippen molar-refractivity contribution in [1.82, 2.24) is 9.62 Å². The van der Waals surface area contributed by atoms with Crippen molar-refractivity contribution in [2.24, 2.45) is 0 Å². The number of thiophene rings is 1. The second kappa shape index (κ2) is 10.0.